The summed E-state index contributed by atoms with van der Waals surface area (Å²) in [6.07, 6.45) is -4.57. The van der Waals surface area contributed by atoms with Gasteiger partial charge in [-0.1, -0.05) is 0 Å². The molecule has 0 spiro atoms. The maximum Gasteiger partial charge on any atom is 0.449 e. The number of imidazole rings is 1. The van der Waals surface area contributed by atoms with Crippen molar-refractivity contribution in [3.8, 4) is 0 Å². The number of nitrogens with zero attached hydrogens (tertiary/aromatic N) is 2. The van der Waals surface area contributed by atoms with Gasteiger partial charge in [-0.2, -0.15) is 13.2 Å². The van der Waals surface area contributed by atoms with Crippen molar-refractivity contribution < 1.29 is 18.0 Å². The molecule has 1 aliphatic rings. The summed E-state index contributed by atoms with van der Waals surface area (Å²) < 4.78 is 40.4. The first-order valence-electron chi connectivity index (χ1n) is 5.97. The summed E-state index contributed by atoms with van der Waals surface area (Å²) >= 11 is 0. The van der Waals surface area contributed by atoms with E-state index in [1.54, 1.807) is 0 Å². The number of nitrogens with one attached hydrogen (secondary N) is 1. The molecule has 0 saturated carbocycles. The van der Waals surface area contributed by atoms with E-state index >= 15 is 0 Å². The molecule has 0 aliphatic carbocycles. The summed E-state index contributed by atoms with van der Waals surface area (Å²) in [6, 6.07) is 3.82. The SMILES string of the molecule is Nc1ccc2c(c1)nc(C(F)(F)F)n2C1CNC(=O)C1. The van der Waals surface area contributed by atoms with E-state index in [1.165, 1.54) is 18.2 Å². The molecule has 5 nitrogen and oxygen atoms in total. The average Bonchev–Trinajstić information content (AvgIpc) is 2.91. The molecule has 1 atom stereocenters. The highest BCUT2D eigenvalue weighted by Crippen LogP contribution is 2.35. The first-order valence-corrected chi connectivity index (χ1v) is 5.97. The van der Waals surface area contributed by atoms with E-state index in [-0.39, 0.29) is 24.4 Å². The monoisotopic (exact) mass is 284 g/mol. The summed E-state index contributed by atoms with van der Waals surface area (Å²) in [5, 5.41) is 2.53. The highest BCUT2D eigenvalue weighted by Gasteiger charge is 2.40. The Morgan fingerprint density at radius 1 is 1.40 bits per heavy atom. The fourth-order valence-corrected chi connectivity index (χ4v) is 2.46. The van der Waals surface area contributed by atoms with Crippen LogP contribution in [0.2, 0.25) is 0 Å². The number of halogens is 3. The lowest BCUT2D eigenvalue weighted by molar-refractivity contribution is -0.147. The van der Waals surface area contributed by atoms with E-state index in [2.05, 4.69) is 10.3 Å². The Kier molecular flexibility index (Phi) is 2.63. The Hall–Kier alpha value is -2.25. The number of nitrogen functional groups attached to an aromatic ring is 1. The quantitative estimate of drug-likeness (QED) is 0.783. The van der Waals surface area contributed by atoms with Crippen LogP contribution in [0.3, 0.4) is 0 Å². The van der Waals surface area contributed by atoms with Crippen LogP contribution >= 0.6 is 0 Å². The fourth-order valence-electron chi connectivity index (χ4n) is 2.46. The van der Waals surface area contributed by atoms with Crippen LogP contribution in [0.1, 0.15) is 18.3 Å². The van der Waals surface area contributed by atoms with Crippen molar-refractivity contribution in [2.75, 3.05) is 12.3 Å². The van der Waals surface area contributed by atoms with Gasteiger partial charge in [0.2, 0.25) is 11.7 Å². The van der Waals surface area contributed by atoms with Gasteiger partial charge >= 0.3 is 6.18 Å². The summed E-state index contributed by atoms with van der Waals surface area (Å²) in [5.41, 5.74) is 6.42. The molecule has 1 fully saturated rings. The Morgan fingerprint density at radius 2 is 2.15 bits per heavy atom. The highest BCUT2D eigenvalue weighted by molar-refractivity contribution is 5.82. The molecule has 106 valence electrons. The van der Waals surface area contributed by atoms with E-state index in [0.717, 1.165) is 4.57 Å². The average molecular weight is 284 g/mol. The van der Waals surface area contributed by atoms with E-state index < -0.39 is 18.0 Å². The predicted octanol–water partition coefficient (Wildman–Crippen LogP) is 1.70. The minimum absolute atomic E-state index is 0.0128. The van der Waals surface area contributed by atoms with E-state index in [9.17, 15) is 18.0 Å². The van der Waals surface area contributed by atoms with Crippen LogP contribution in [-0.2, 0) is 11.0 Å². The maximum absolute atomic E-state index is 13.1. The number of nitrogens with two attached hydrogens (primary N) is 1. The lowest BCUT2D eigenvalue weighted by Gasteiger charge is -2.16. The second-order valence-corrected chi connectivity index (χ2v) is 4.71. The summed E-state index contributed by atoms with van der Waals surface area (Å²) in [6.45, 7) is 0.164. The van der Waals surface area contributed by atoms with Crippen LogP contribution in [0.4, 0.5) is 18.9 Å². The third kappa shape index (κ3) is 1.97. The van der Waals surface area contributed by atoms with Gasteiger partial charge < -0.3 is 15.6 Å². The van der Waals surface area contributed by atoms with Gasteiger partial charge in [-0.3, -0.25) is 4.79 Å². The van der Waals surface area contributed by atoms with Gasteiger partial charge in [0.1, 0.15) is 0 Å². The molecule has 0 bridgehead atoms. The van der Waals surface area contributed by atoms with Crippen molar-refractivity contribution in [1.29, 1.82) is 0 Å². The van der Waals surface area contributed by atoms with Crippen molar-refractivity contribution in [3.63, 3.8) is 0 Å². The van der Waals surface area contributed by atoms with Gasteiger partial charge in [-0.25, -0.2) is 4.98 Å². The molecule has 1 amide bonds. The number of alkyl halides is 3. The Balaban J connectivity index is 2.23. The van der Waals surface area contributed by atoms with Gasteiger partial charge in [-0.05, 0) is 18.2 Å². The number of aromatic nitrogens is 2. The molecule has 8 heteroatoms. The number of hydrogen-bond acceptors (Lipinski definition) is 3. The summed E-state index contributed by atoms with van der Waals surface area (Å²) in [7, 11) is 0. The van der Waals surface area contributed by atoms with Gasteiger partial charge in [0.05, 0.1) is 17.1 Å². The summed E-state index contributed by atoms with van der Waals surface area (Å²) in [5.74, 6) is -1.26. The normalized spacial score (nSPS) is 19.6. The lowest BCUT2D eigenvalue weighted by Crippen LogP contribution is -2.21. The second kappa shape index (κ2) is 4.12. The number of benzene rings is 1. The zero-order chi connectivity index (χ0) is 14.5. The van der Waals surface area contributed by atoms with Crippen LogP contribution in [0, 0.1) is 0 Å². The first kappa shape index (κ1) is 12.8. The van der Waals surface area contributed by atoms with E-state index in [0.29, 0.717) is 11.2 Å². The molecule has 2 aromatic rings. The molecule has 1 saturated heterocycles. The topological polar surface area (TPSA) is 72.9 Å². The zero-order valence-electron chi connectivity index (χ0n) is 10.2. The predicted molar refractivity (Wildman–Crippen MR) is 65.8 cm³/mol. The van der Waals surface area contributed by atoms with Gasteiger partial charge in [0.15, 0.2) is 0 Å². The molecular weight excluding hydrogens is 273 g/mol. The maximum atomic E-state index is 13.1. The van der Waals surface area contributed by atoms with Crippen LogP contribution in [-0.4, -0.2) is 22.0 Å². The standard InChI is InChI=1S/C12H11F3N4O/c13-12(14,15)11-18-8-3-6(16)1-2-9(8)19(11)7-4-10(20)17-5-7/h1-3,7H,4-5,16H2,(H,17,20). The van der Waals surface area contributed by atoms with E-state index in [4.69, 9.17) is 5.73 Å². The number of rotatable bonds is 1. The number of anilines is 1. The molecule has 2 heterocycles. The first-order chi connectivity index (χ1) is 9.36. The zero-order valence-corrected chi connectivity index (χ0v) is 10.2. The van der Waals surface area contributed by atoms with Crippen molar-refractivity contribution in [3.05, 3.63) is 24.0 Å². The minimum Gasteiger partial charge on any atom is -0.399 e. The van der Waals surface area contributed by atoms with Crippen LogP contribution < -0.4 is 11.1 Å². The number of carbonyl (C=O) groups excluding carboxylic acids is 1. The minimum atomic E-state index is -4.58. The van der Waals surface area contributed by atoms with Crippen molar-refractivity contribution in [2.24, 2.45) is 0 Å². The molecule has 3 N–H and O–H groups in total. The van der Waals surface area contributed by atoms with Gasteiger partial charge in [0, 0.05) is 18.7 Å². The molecule has 0 radical (unpaired) electrons. The van der Waals surface area contributed by atoms with Crippen molar-refractivity contribution in [1.82, 2.24) is 14.9 Å². The third-order valence-corrected chi connectivity index (χ3v) is 3.29. The Labute approximate surface area is 111 Å². The highest BCUT2D eigenvalue weighted by atomic mass is 19.4. The smallest absolute Gasteiger partial charge is 0.399 e. The van der Waals surface area contributed by atoms with Crippen LogP contribution in [0.25, 0.3) is 11.0 Å². The lowest BCUT2D eigenvalue weighted by atomic mass is 10.2. The van der Waals surface area contributed by atoms with Crippen molar-refractivity contribution in [2.45, 2.75) is 18.6 Å². The van der Waals surface area contributed by atoms with Gasteiger partial charge in [0.25, 0.3) is 0 Å². The largest absolute Gasteiger partial charge is 0.449 e. The van der Waals surface area contributed by atoms with Crippen molar-refractivity contribution >= 4 is 22.6 Å². The van der Waals surface area contributed by atoms with Crippen LogP contribution in [0.15, 0.2) is 18.2 Å². The number of amides is 1. The molecular formula is C12H11F3N4O. The second-order valence-electron chi connectivity index (χ2n) is 4.71. The molecule has 3 rings (SSSR count). The number of hydrogen-bond donors (Lipinski definition) is 2. The summed E-state index contributed by atoms with van der Waals surface area (Å²) in [4.78, 5) is 14.9. The molecule has 1 aromatic heterocycles. The fraction of sp³-hybridized carbons (Fsp3) is 0.333. The third-order valence-electron chi connectivity index (χ3n) is 3.29. The molecule has 1 unspecified atom stereocenters. The van der Waals surface area contributed by atoms with Gasteiger partial charge in [-0.15, -0.1) is 0 Å². The van der Waals surface area contributed by atoms with Crippen LogP contribution in [0.5, 0.6) is 0 Å². The molecule has 1 aromatic carbocycles. The number of fused-ring (bicyclic) bond motifs is 1. The number of carbonyl (C=O) groups is 1. The Bertz CT molecular complexity index is 692. The molecule has 1 aliphatic heterocycles. The molecule has 20 heavy (non-hydrogen) atoms. The Morgan fingerprint density at radius 3 is 2.75 bits per heavy atom. The van der Waals surface area contributed by atoms with E-state index in [1.807, 2.05) is 0 Å².